The van der Waals surface area contributed by atoms with Gasteiger partial charge < -0.3 is 0 Å². The van der Waals surface area contributed by atoms with Crippen LogP contribution in [0.15, 0.2) is 92.4 Å². The Morgan fingerprint density at radius 1 is 0.929 bits per heavy atom. The third kappa shape index (κ3) is 4.90. The van der Waals surface area contributed by atoms with E-state index in [1.807, 2.05) is 37.3 Å². The molecule has 0 fully saturated rings. The van der Waals surface area contributed by atoms with Crippen LogP contribution in [-0.2, 0) is 26.5 Å². The summed E-state index contributed by atoms with van der Waals surface area (Å²) in [5.41, 5.74) is 1.85. The van der Waals surface area contributed by atoms with E-state index >= 15 is 0 Å². The van der Waals surface area contributed by atoms with Gasteiger partial charge in [0.2, 0.25) is 0 Å². The number of nitro groups is 1. The Bertz CT molecular complexity index is 1110. The number of rotatable bonds is 6. The molecular weight excluding hydrogens is 396 g/mol. The summed E-state index contributed by atoms with van der Waals surface area (Å²) in [6.45, 7) is 1.88. The molecule has 3 aromatic carbocycles. The molecule has 28 heavy (non-hydrogen) atoms. The molecule has 0 N–H and O–H groups in total. The zero-order valence-corrected chi connectivity index (χ0v) is 16.7. The first-order chi connectivity index (χ1) is 13.3. The third-order valence-electron chi connectivity index (χ3n) is 3.97. The Hall–Kier alpha value is -2.84. The van der Waals surface area contributed by atoms with Gasteiger partial charge in [-0.1, -0.05) is 48.0 Å². The van der Waals surface area contributed by atoms with Gasteiger partial charge in [0.15, 0.2) is 0 Å². The van der Waals surface area contributed by atoms with Crippen molar-refractivity contribution in [2.45, 2.75) is 22.5 Å². The van der Waals surface area contributed by atoms with Gasteiger partial charge in [0.25, 0.3) is 15.7 Å². The SMILES string of the molecule is Cc1ccc(S(=O)(=O)/N=S(\Cc2ccccc2)c2ccc([N+](=O)[O-])cc2)cc1. The molecule has 3 aromatic rings. The fraction of sp³-hybridized carbons (Fsp3) is 0.100. The fourth-order valence-corrected chi connectivity index (χ4v) is 5.93. The lowest BCUT2D eigenvalue weighted by Crippen LogP contribution is -2.04. The first-order valence-corrected chi connectivity index (χ1v) is 11.2. The van der Waals surface area contributed by atoms with E-state index in [1.165, 1.54) is 24.3 Å². The first-order valence-electron chi connectivity index (χ1n) is 8.39. The van der Waals surface area contributed by atoms with Crippen molar-refractivity contribution < 1.29 is 13.3 Å². The zero-order valence-electron chi connectivity index (χ0n) is 15.1. The van der Waals surface area contributed by atoms with Crippen LogP contribution in [0.1, 0.15) is 11.1 Å². The summed E-state index contributed by atoms with van der Waals surface area (Å²) in [7, 11) is -4.89. The predicted molar refractivity (Wildman–Crippen MR) is 110 cm³/mol. The van der Waals surface area contributed by atoms with Gasteiger partial charge in [0, 0.05) is 22.8 Å². The van der Waals surface area contributed by atoms with Gasteiger partial charge in [-0.3, -0.25) is 10.1 Å². The second kappa shape index (κ2) is 8.45. The van der Waals surface area contributed by atoms with Crippen LogP contribution in [0.2, 0.25) is 0 Å². The van der Waals surface area contributed by atoms with E-state index < -0.39 is 25.6 Å². The normalized spacial score (nSPS) is 12.6. The van der Waals surface area contributed by atoms with E-state index in [9.17, 15) is 18.5 Å². The van der Waals surface area contributed by atoms with E-state index in [0.29, 0.717) is 10.6 Å². The van der Waals surface area contributed by atoms with Crippen LogP contribution < -0.4 is 0 Å². The van der Waals surface area contributed by atoms with Crippen LogP contribution in [0.5, 0.6) is 0 Å². The molecule has 0 aromatic heterocycles. The maximum atomic E-state index is 12.8. The predicted octanol–water partition coefficient (Wildman–Crippen LogP) is 4.65. The average molecular weight is 415 g/mol. The molecule has 0 saturated heterocycles. The monoisotopic (exact) mass is 414 g/mol. The van der Waals surface area contributed by atoms with Crippen molar-refractivity contribution in [1.29, 1.82) is 0 Å². The van der Waals surface area contributed by atoms with E-state index in [4.69, 9.17) is 0 Å². The molecule has 0 saturated carbocycles. The van der Waals surface area contributed by atoms with Crippen LogP contribution >= 0.6 is 0 Å². The van der Waals surface area contributed by atoms with Gasteiger partial charge in [-0.15, -0.1) is 3.77 Å². The minimum Gasteiger partial charge on any atom is -0.258 e. The number of aryl methyl sites for hydroxylation is 1. The number of hydrogen-bond donors (Lipinski definition) is 0. The Balaban J connectivity index is 2.05. The van der Waals surface area contributed by atoms with E-state index in [0.717, 1.165) is 11.1 Å². The van der Waals surface area contributed by atoms with Crippen molar-refractivity contribution in [2.24, 2.45) is 3.77 Å². The topological polar surface area (TPSA) is 89.6 Å². The molecule has 0 bridgehead atoms. The molecule has 1 unspecified atom stereocenters. The van der Waals surface area contributed by atoms with Crippen LogP contribution in [0.3, 0.4) is 0 Å². The number of sulfonamides is 1. The highest BCUT2D eigenvalue weighted by atomic mass is 32.3. The molecule has 0 aliphatic rings. The number of benzene rings is 3. The fourth-order valence-electron chi connectivity index (χ4n) is 2.48. The highest BCUT2D eigenvalue weighted by molar-refractivity contribution is 7.99. The third-order valence-corrected chi connectivity index (χ3v) is 7.77. The molecule has 0 heterocycles. The minimum absolute atomic E-state index is 0.0478. The summed E-state index contributed by atoms with van der Waals surface area (Å²) in [6.07, 6.45) is 0. The molecule has 1 atom stereocenters. The highest BCUT2D eigenvalue weighted by Crippen LogP contribution is 2.22. The smallest absolute Gasteiger partial charge is 0.258 e. The lowest BCUT2D eigenvalue weighted by Gasteiger charge is -2.09. The van der Waals surface area contributed by atoms with Crippen LogP contribution in [0.25, 0.3) is 0 Å². The van der Waals surface area contributed by atoms with E-state index in [-0.39, 0.29) is 10.6 Å². The molecule has 0 amide bonds. The van der Waals surface area contributed by atoms with Gasteiger partial charge in [0.05, 0.1) is 9.82 Å². The molecule has 8 heteroatoms. The molecule has 0 spiro atoms. The molecule has 144 valence electrons. The molecule has 0 radical (unpaired) electrons. The van der Waals surface area contributed by atoms with Gasteiger partial charge in [-0.25, -0.2) is 0 Å². The molecule has 0 aliphatic heterocycles. The van der Waals surface area contributed by atoms with E-state index in [1.54, 1.807) is 24.3 Å². The maximum absolute atomic E-state index is 12.8. The Morgan fingerprint density at radius 3 is 2.11 bits per heavy atom. The maximum Gasteiger partial charge on any atom is 0.288 e. The van der Waals surface area contributed by atoms with Gasteiger partial charge >= 0.3 is 0 Å². The minimum atomic E-state index is -3.87. The second-order valence-corrected chi connectivity index (χ2v) is 9.62. The number of hydrogen-bond acceptors (Lipinski definition) is 4. The number of nitro benzene ring substituents is 1. The van der Waals surface area contributed by atoms with Crippen LogP contribution in [0, 0.1) is 17.0 Å². The molecule has 6 nitrogen and oxygen atoms in total. The van der Waals surface area contributed by atoms with Crippen molar-refractivity contribution >= 4 is 26.4 Å². The Kier molecular flexibility index (Phi) is 6.01. The summed E-state index contributed by atoms with van der Waals surface area (Å²) in [5, 5.41) is 10.9. The summed E-state index contributed by atoms with van der Waals surface area (Å²) >= 11 is 0. The van der Waals surface area contributed by atoms with Gasteiger partial charge in [0.1, 0.15) is 0 Å². The summed E-state index contributed by atoms with van der Waals surface area (Å²) in [5.74, 6) is 0.393. The van der Waals surface area contributed by atoms with Crippen molar-refractivity contribution in [1.82, 2.24) is 0 Å². The lowest BCUT2D eigenvalue weighted by atomic mass is 10.2. The second-order valence-electron chi connectivity index (χ2n) is 6.11. The van der Waals surface area contributed by atoms with Gasteiger partial charge in [-0.2, -0.15) is 8.42 Å². The zero-order chi connectivity index (χ0) is 20.1. The lowest BCUT2D eigenvalue weighted by molar-refractivity contribution is -0.384. The summed E-state index contributed by atoms with van der Waals surface area (Å²) in [4.78, 5) is 11.2. The number of nitrogens with zero attached hydrogens (tertiary/aromatic N) is 2. The average Bonchev–Trinajstić information content (AvgIpc) is 2.68. The van der Waals surface area contributed by atoms with E-state index in [2.05, 4.69) is 3.77 Å². The summed E-state index contributed by atoms with van der Waals surface area (Å²) < 4.78 is 29.8. The summed E-state index contributed by atoms with van der Waals surface area (Å²) in [6, 6.07) is 21.8. The molecule has 3 rings (SSSR count). The Morgan fingerprint density at radius 2 is 1.54 bits per heavy atom. The van der Waals surface area contributed by atoms with Crippen molar-refractivity contribution in [2.75, 3.05) is 0 Å². The quantitative estimate of drug-likeness (QED) is 0.434. The standard InChI is InChI=1S/C20H18N2O4S2/c1-16-7-13-20(14-8-16)28(25,26)21-27(15-17-5-3-2-4-6-17)19-11-9-18(10-12-19)22(23)24/h2-14H,15H2,1H3. The van der Waals surface area contributed by atoms with Crippen LogP contribution in [-0.4, -0.2) is 13.3 Å². The van der Waals surface area contributed by atoms with Crippen molar-refractivity contribution in [3.8, 4) is 0 Å². The number of non-ortho nitro benzene ring substituents is 1. The first kappa shape index (κ1) is 19.9. The van der Waals surface area contributed by atoms with Crippen molar-refractivity contribution in [3.63, 3.8) is 0 Å². The largest absolute Gasteiger partial charge is 0.288 e. The highest BCUT2D eigenvalue weighted by Gasteiger charge is 2.16. The molecular formula is C20H18N2O4S2. The Labute approximate surface area is 166 Å². The van der Waals surface area contributed by atoms with Crippen LogP contribution in [0.4, 0.5) is 5.69 Å². The molecule has 0 aliphatic carbocycles. The van der Waals surface area contributed by atoms with Gasteiger partial charge in [-0.05, 0) is 47.4 Å². The van der Waals surface area contributed by atoms with Crippen molar-refractivity contribution in [3.05, 3.63) is 100 Å².